The van der Waals surface area contributed by atoms with Gasteiger partial charge in [0.25, 0.3) is 0 Å². The van der Waals surface area contributed by atoms with Gasteiger partial charge >= 0.3 is 11.9 Å². The molecule has 4 nitrogen and oxygen atoms in total. The second-order valence-electron chi connectivity index (χ2n) is 8.26. The Morgan fingerprint density at radius 2 is 1.19 bits per heavy atom. The van der Waals surface area contributed by atoms with Gasteiger partial charge in [0.1, 0.15) is 0 Å². The van der Waals surface area contributed by atoms with Crippen molar-refractivity contribution in [3.63, 3.8) is 0 Å². The molecule has 0 N–H and O–H groups in total. The Bertz CT molecular complexity index is 494. The minimum Gasteiger partial charge on any atom is -0.465 e. The summed E-state index contributed by atoms with van der Waals surface area (Å²) in [4.78, 5) is 27.0. The van der Waals surface area contributed by atoms with Crippen molar-refractivity contribution in [1.29, 1.82) is 0 Å². The lowest BCUT2D eigenvalue weighted by Crippen LogP contribution is -2.56. The Labute approximate surface area is 165 Å². The van der Waals surface area contributed by atoms with E-state index in [9.17, 15) is 9.59 Å². The first-order valence-corrected chi connectivity index (χ1v) is 11.1. The predicted octanol–water partition coefficient (Wildman–Crippen LogP) is 5.45. The minimum absolute atomic E-state index is 0.0850. The predicted molar refractivity (Wildman–Crippen MR) is 107 cm³/mol. The number of hydrogen-bond donors (Lipinski definition) is 0. The molecule has 0 aliphatic heterocycles. The molecule has 1 saturated carbocycles. The van der Waals surface area contributed by atoms with Crippen LogP contribution < -0.4 is 0 Å². The third-order valence-corrected chi connectivity index (χ3v) is 6.62. The molecule has 2 aliphatic rings. The van der Waals surface area contributed by atoms with Crippen molar-refractivity contribution in [1.82, 2.24) is 0 Å². The van der Waals surface area contributed by atoms with Crippen LogP contribution in [-0.2, 0) is 19.1 Å². The molecule has 2 aliphatic carbocycles. The molecule has 0 heterocycles. The highest BCUT2D eigenvalue weighted by molar-refractivity contribution is 5.91. The maximum absolute atomic E-state index is 13.5. The quantitative estimate of drug-likeness (QED) is 0.257. The number of carbonyl (C=O) groups is 2. The van der Waals surface area contributed by atoms with Crippen LogP contribution in [0.15, 0.2) is 12.2 Å². The van der Waals surface area contributed by atoms with Crippen molar-refractivity contribution in [2.45, 2.75) is 85.5 Å². The molecule has 27 heavy (non-hydrogen) atoms. The van der Waals surface area contributed by atoms with Crippen LogP contribution in [0.3, 0.4) is 0 Å². The monoisotopic (exact) mass is 378 g/mol. The fourth-order valence-electron chi connectivity index (χ4n) is 5.44. The van der Waals surface area contributed by atoms with E-state index >= 15 is 0 Å². The highest BCUT2D eigenvalue weighted by Gasteiger charge is 2.72. The summed E-state index contributed by atoms with van der Waals surface area (Å²) in [6, 6.07) is 0. The van der Waals surface area contributed by atoms with Gasteiger partial charge in [0.2, 0.25) is 0 Å². The van der Waals surface area contributed by atoms with Gasteiger partial charge in [0.05, 0.1) is 24.0 Å². The Morgan fingerprint density at radius 3 is 1.52 bits per heavy atom. The van der Waals surface area contributed by atoms with Crippen molar-refractivity contribution in [3.05, 3.63) is 12.2 Å². The summed E-state index contributed by atoms with van der Waals surface area (Å²) in [5.74, 6) is -0.171. The van der Waals surface area contributed by atoms with E-state index in [0.29, 0.717) is 26.1 Å². The maximum Gasteiger partial charge on any atom is 0.313 e. The van der Waals surface area contributed by atoms with Crippen molar-refractivity contribution >= 4 is 11.9 Å². The molecule has 0 aromatic carbocycles. The molecule has 0 radical (unpaired) electrons. The molecule has 2 bridgehead atoms. The summed E-state index contributed by atoms with van der Waals surface area (Å²) in [6.07, 6.45) is 12.0. The van der Waals surface area contributed by atoms with E-state index in [1.165, 1.54) is 0 Å². The van der Waals surface area contributed by atoms with E-state index in [-0.39, 0.29) is 23.8 Å². The average Bonchev–Trinajstić information content (AvgIpc) is 3.23. The second-order valence-corrected chi connectivity index (χ2v) is 8.26. The first-order chi connectivity index (χ1) is 13.0. The zero-order valence-corrected chi connectivity index (χ0v) is 17.7. The summed E-state index contributed by atoms with van der Waals surface area (Å²) < 4.78 is 11.5. The number of esters is 2. The number of allylic oxidation sites excluding steroid dienone is 2. The standard InChI is InChI=1S/C23H38O4/c1-5-9-15-26-20(24)22(13-7-3)18-11-12-19(17-18)23(22,14-8-4)21(25)27-16-10-6-2/h11-12,18-19H,5-10,13-17H2,1-4H3/t18-,19-,22?,23?/m1/s1. The van der Waals surface area contributed by atoms with E-state index in [2.05, 4.69) is 39.8 Å². The second kappa shape index (κ2) is 9.75. The fraction of sp³-hybridized carbons (Fsp3) is 0.826. The summed E-state index contributed by atoms with van der Waals surface area (Å²) in [6.45, 7) is 9.24. The maximum atomic E-state index is 13.5. The lowest BCUT2D eigenvalue weighted by molar-refractivity contribution is -0.186. The third-order valence-electron chi connectivity index (χ3n) is 6.62. The summed E-state index contributed by atoms with van der Waals surface area (Å²) in [7, 11) is 0. The number of carbonyl (C=O) groups excluding carboxylic acids is 2. The lowest BCUT2D eigenvalue weighted by Gasteiger charge is -2.48. The van der Waals surface area contributed by atoms with Gasteiger partial charge in [-0.1, -0.05) is 65.5 Å². The highest BCUT2D eigenvalue weighted by Crippen LogP contribution is 2.68. The van der Waals surface area contributed by atoms with Crippen LogP contribution in [0.5, 0.6) is 0 Å². The molecule has 0 amide bonds. The Balaban J connectivity index is 2.43. The SMILES string of the molecule is CCCCOC(=O)C1(CCC)[C@@H]2C=C[C@H](C2)C1(CCC)C(=O)OCCCC. The zero-order chi connectivity index (χ0) is 19.9. The Kier molecular flexibility index (Phi) is 7.93. The zero-order valence-electron chi connectivity index (χ0n) is 17.7. The van der Waals surface area contributed by atoms with Crippen LogP contribution in [-0.4, -0.2) is 25.2 Å². The number of fused-ring (bicyclic) bond motifs is 2. The van der Waals surface area contributed by atoms with Crippen LogP contribution in [0.2, 0.25) is 0 Å². The summed E-state index contributed by atoms with van der Waals surface area (Å²) in [5.41, 5.74) is -1.54. The average molecular weight is 379 g/mol. The van der Waals surface area contributed by atoms with Gasteiger partial charge in [-0.2, -0.15) is 0 Å². The van der Waals surface area contributed by atoms with Crippen LogP contribution >= 0.6 is 0 Å². The summed E-state index contributed by atoms with van der Waals surface area (Å²) >= 11 is 0. The highest BCUT2D eigenvalue weighted by atomic mass is 16.5. The molecule has 1 fully saturated rings. The van der Waals surface area contributed by atoms with Crippen molar-refractivity contribution < 1.29 is 19.1 Å². The fourth-order valence-corrected chi connectivity index (χ4v) is 5.44. The Hall–Kier alpha value is -1.32. The molecule has 0 aromatic heterocycles. The van der Waals surface area contributed by atoms with Crippen LogP contribution in [0.4, 0.5) is 0 Å². The molecule has 0 saturated heterocycles. The Morgan fingerprint density at radius 1 is 0.778 bits per heavy atom. The molecule has 2 unspecified atom stereocenters. The van der Waals surface area contributed by atoms with Crippen molar-refractivity contribution in [3.8, 4) is 0 Å². The van der Waals surface area contributed by atoms with Gasteiger partial charge in [-0.25, -0.2) is 0 Å². The molecule has 154 valence electrons. The first kappa shape index (κ1) is 22.0. The number of ether oxygens (including phenoxy) is 2. The van der Waals surface area contributed by atoms with Crippen LogP contribution in [0.1, 0.15) is 85.5 Å². The summed E-state index contributed by atoms with van der Waals surface area (Å²) in [5, 5.41) is 0. The van der Waals surface area contributed by atoms with E-state index < -0.39 is 10.8 Å². The normalized spacial score (nSPS) is 31.3. The number of hydrogen-bond acceptors (Lipinski definition) is 4. The van der Waals surface area contributed by atoms with E-state index in [1.54, 1.807) is 0 Å². The number of unbranched alkanes of at least 4 members (excludes halogenated alkanes) is 2. The molecule has 2 rings (SSSR count). The van der Waals surface area contributed by atoms with Gasteiger partial charge in [-0.15, -0.1) is 0 Å². The largest absolute Gasteiger partial charge is 0.465 e. The smallest absolute Gasteiger partial charge is 0.313 e. The van der Waals surface area contributed by atoms with E-state index in [4.69, 9.17) is 9.47 Å². The molecule has 0 aromatic rings. The van der Waals surface area contributed by atoms with Crippen molar-refractivity contribution in [2.24, 2.45) is 22.7 Å². The molecular formula is C23H38O4. The van der Waals surface area contributed by atoms with E-state index in [0.717, 1.165) is 44.9 Å². The lowest BCUT2D eigenvalue weighted by atomic mass is 9.54. The molecular weight excluding hydrogens is 340 g/mol. The van der Waals surface area contributed by atoms with Gasteiger partial charge in [0.15, 0.2) is 0 Å². The van der Waals surface area contributed by atoms with Crippen LogP contribution in [0, 0.1) is 22.7 Å². The minimum atomic E-state index is -0.770. The van der Waals surface area contributed by atoms with Crippen LogP contribution in [0.25, 0.3) is 0 Å². The molecule has 4 atom stereocenters. The van der Waals surface area contributed by atoms with Gasteiger partial charge < -0.3 is 9.47 Å². The first-order valence-electron chi connectivity index (χ1n) is 11.1. The van der Waals surface area contributed by atoms with E-state index in [1.807, 2.05) is 0 Å². The van der Waals surface area contributed by atoms with Gasteiger partial charge in [-0.3, -0.25) is 9.59 Å². The number of rotatable bonds is 12. The molecule has 4 heteroatoms. The van der Waals surface area contributed by atoms with Crippen molar-refractivity contribution in [2.75, 3.05) is 13.2 Å². The van der Waals surface area contributed by atoms with Gasteiger partial charge in [-0.05, 0) is 43.9 Å². The van der Waals surface area contributed by atoms with Gasteiger partial charge in [0, 0.05) is 0 Å². The molecule has 0 spiro atoms. The topological polar surface area (TPSA) is 52.6 Å². The third kappa shape index (κ3) is 3.69.